The SMILES string of the molecule is C=CCNC1(C(=O)OC)CC2CCC1C2. The summed E-state index contributed by atoms with van der Waals surface area (Å²) in [5.41, 5.74) is -0.411. The molecule has 3 atom stereocenters. The number of nitrogens with one attached hydrogen (secondary N) is 1. The van der Waals surface area contributed by atoms with E-state index in [9.17, 15) is 4.79 Å². The van der Waals surface area contributed by atoms with Crippen molar-refractivity contribution in [2.45, 2.75) is 31.2 Å². The molecule has 2 bridgehead atoms. The van der Waals surface area contributed by atoms with Crippen molar-refractivity contribution < 1.29 is 9.53 Å². The Kier molecular flexibility index (Phi) is 2.83. The predicted molar refractivity (Wildman–Crippen MR) is 58.4 cm³/mol. The molecule has 0 heterocycles. The topological polar surface area (TPSA) is 38.3 Å². The summed E-state index contributed by atoms with van der Waals surface area (Å²) in [7, 11) is 1.48. The Morgan fingerprint density at radius 3 is 2.93 bits per heavy atom. The van der Waals surface area contributed by atoms with E-state index in [1.807, 2.05) is 0 Å². The van der Waals surface area contributed by atoms with Gasteiger partial charge in [-0.1, -0.05) is 12.5 Å². The fourth-order valence-corrected chi connectivity index (χ4v) is 3.31. The van der Waals surface area contributed by atoms with Gasteiger partial charge in [0, 0.05) is 6.54 Å². The molecular weight excluding hydrogens is 190 g/mol. The normalized spacial score (nSPS) is 37.9. The Bertz CT molecular complexity index is 277. The Morgan fingerprint density at radius 1 is 1.67 bits per heavy atom. The van der Waals surface area contributed by atoms with E-state index in [4.69, 9.17) is 4.74 Å². The standard InChI is InChI=1S/C12H19NO2/c1-3-6-13-12(11(14)15-2)8-9-4-5-10(12)7-9/h3,9-10,13H,1,4-8H2,2H3. The van der Waals surface area contributed by atoms with Crippen molar-refractivity contribution in [1.29, 1.82) is 0 Å². The van der Waals surface area contributed by atoms with Crippen molar-refractivity contribution in [2.75, 3.05) is 13.7 Å². The third kappa shape index (κ3) is 1.59. The number of fused-ring (bicyclic) bond motifs is 2. The maximum Gasteiger partial charge on any atom is 0.326 e. The average Bonchev–Trinajstić information content (AvgIpc) is 2.85. The fraction of sp³-hybridized carbons (Fsp3) is 0.750. The van der Waals surface area contributed by atoms with Gasteiger partial charge in [0.05, 0.1) is 7.11 Å². The molecule has 84 valence electrons. The lowest BCUT2D eigenvalue weighted by Crippen LogP contribution is -2.56. The van der Waals surface area contributed by atoms with Gasteiger partial charge >= 0.3 is 5.97 Å². The largest absolute Gasteiger partial charge is 0.468 e. The van der Waals surface area contributed by atoms with Gasteiger partial charge in [-0.05, 0) is 31.1 Å². The first-order chi connectivity index (χ1) is 7.23. The molecule has 15 heavy (non-hydrogen) atoms. The molecule has 0 aromatic carbocycles. The second kappa shape index (κ2) is 3.97. The molecule has 0 aromatic heterocycles. The summed E-state index contributed by atoms with van der Waals surface area (Å²) in [5, 5.41) is 3.33. The number of carbonyl (C=O) groups excluding carboxylic acids is 1. The van der Waals surface area contributed by atoms with Crippen LogP contribution in [0.25, 0.3) is 0 Å². The Labute approximate surface area is 90.9 Å². The van der Waals surface area contributed by atoms with Gasteiger partial charge in [0.15, 0.2) is 0 Å². The van der Waals surface area contributed by atoms with E-state index in [1.165, 1.54) is 20.0 Å². The molecule has 3 nitrogen and oxygen atoms in total. The molecule has 0 aliphatic heterocycles. The third-order valence-corrected chi connectivity index (χ3v) is 3.96. The summed E-state index contributed by atoms with van der Waals surface area (Å²) >= 11 is 0. The zero-order valence-corrected chi connectivity index (χ0v) is 9.29. The van der Waals surface area contributed by atoms with Crippen LogP contribution in [0.4, 0.5) is 0 Å². The highest BCUT2D eigenvalue weighted by molar-refractivity contribution is 5.82. The van der Waals surface area contributed by atoms with Crippen molar-refractivity contribution in [1.82, 2.24) is 5.32 Å². The molecule has 0 aromatic rings. The number of ether oxygens (including phenoxy) is 1. The molecule has 0 amide bonds. The minimum Gasteiger partial charge on any atom is -0.468 e. The van der Waals surface area contributed by atoms with E-state index in [0.717, 1.165) is 12.8 Å². The average molecular weight is 209 g/mol. The molecule has 2 fully saturated rings. The van der Waals surface area contributed by atoms with E-state index in [0.29, 0.717) is 18.4 Å². The van der Waals surface area contributed by atoms with Gasteiger partial charge in [-0.15, -0.1) is 6.58 Å². The quantitative estimate of drug-likeness (QED) is 0.563. The molecule has 2 rings (SSSR count). The molecule has 0 radical (unpaired) electrons. The first kappa shape index (κ1) is 10.7. The van der Waals surface area contributed by atoms with Crippen LogP contribution in [0.5, 0.6) is 0 Å². The predicted octanol–water partition coefficient (Wildman–Crippen LogP) is 1.49. The van der Waals surface area contributed by atoms with Crippen LogP contribution in [-0.4, -0.2) is 25.2 Å². The van der Waals surface area contributed by atoms with Crippen molar-refractivity contribution >= 4 is 5.97 Å². The van der Waals surface area contributed by atoms with Crippen molar-refractivity contribution in [2.24, 2.45) is 11.8 Å². The second-order valence-corrected chi connectivity index (χ2v) is 4.71. The summed E-state index contributed by atoms with van der Waals surface area (Å²) in [6.07, 6.45) is 6.36. The molecule has 3 heteroatoms. The van der Waals surface area contributed by atoms with Gasteiger partial charge < -0.3 is 4.74 Å². The van der Waals surface area contributed by atoms with Crippen LogP contribution in [-0.2, 0) is 9.53 Å². The third-order valence-electron chi connectivity index (χ3n) is 3.96. The highest BCUT2D eigenvalue weighted by atomic mass is 16.5. The zero-order valence-electron chi connectivity index (χ0n) is 9.29. The van der Waals surface area contributed by atoms with Crippen molar-refractivity contribution in [3.63, 3.8) is 0 Å². The highest BCUT2D eigenvalue weighted by Gasteiger charge is 2.55. The Hall–Kier alpha value is -0.830. The lowest BCUT2D eigenvalue weighted by molar-refractivity contribution is -0.151. The van der Waals surface area contributed by atoms with E-state index < -0.39 is 5.54 Å². The molecule has 0 spiro atoms. The van der Waals surface area contributed by atoms with Gasteiger partial charge in [-0.3, -0.25) is 10.1 Å². The van der Waals surface area contributed by atoms with Gasteiger partial charge in [-0.25, -0.2) is 0 Å². The van der Waals surface area contributed by atoms with E-state index in [2.05, 4.69) is 11.9 Å². The van der Waals surface area contributed by atoms with Crippen molar-refractivity contribution in [3.05, 3.63) is 12.7 Å². The van der Waals surface area contributed by atoms with E-state index in [-0.39, 0.29) is 5.97 Å². The number of carbonyl (C=O) groups is 1. The van der Waals surface area contributed by atoms with Crippen LogP contribution in [0.3, 0.4) is 0 Å². The van der Waals surface area contributed by atoms with Crippen molar-refractivity contribution in [3.8, 4) is 0 Å². The molecule has 0 saturated heterocycles. The Balaban J connectivity index is 2.16. The lowest BCUT2D eigenvalue weighted by Gasteiger charge is -2.35. The molecule has 3 unspecified atom stereocenters. The summed E-state index contributed by atoms with van der Waals surface area (Å²) in [6.45, 7) is 4.36. The van der Waals surface area contributed by atoms with Gasteiger partial charge in [0.2, 0.25) is 0 Å². The molecule has 2 aliphatic carbocycles. The first-order valence-corrected chi connectivity index (χ1v) is 5.67. The van der Waals surface area contributed by atoms with Crippen LogP contribution in [0.15, 0.2) is 12.7 Å². The monoisotopic (exact) mass is 209 g/mol. The van der Waals surface area contributed by atoms with Crippen LogP contribution in [0, 0.1) is 11.8 Å². The second-order valence-electron chi connectivity index (χ2n) is 4.71. The minimum atomic E-state index is -0.411. The van der Waals surface area contributed by atoms with Crippen LogP contribution in [0.1, 0.15) is 25.7 Å². The lowest BCUT2D eigenvalue weighted by atomic mass is 9.81. The van der Waals surface area contributed by atoms with Gasteiger partial charge in [0.1, 0.15) is 5.54 Å². The van der Waals surface area contributed by atoms with Crippen LogP contribution < -0.4 is 5.32 Å². The van der Waals surface area contributed by atoms with E-state index in [1.54, 1.807) is 6.08 Å². The number of esters is 1. The highest BCUT2D eigenvalue weighted by Crippen LogP contribution is 2.51. The fourth-order valence-electron chi connectivity index (χ4n) is 3.31. The summed E-state index contributed by atoms with van der Waals surface area (Å²) in [4.78, 5) is 11.9. The molecule has 2 aliphatic rings. The van der Waals surface area contributed by atoms with Crippen LogP contribution in [0.2, 0.25) is 0 Å². The smallest absolute Gasteiger partial charge is 0.326 e. The molecular formula is C12H19NO2. The minimum absolute atomic E-state index is 0.0865. The first-order valence-electron chi connectivity index (χ1n) is 5.67. The number of methoxy groups -OCH3 is 1. The van der Waals surface area contributed by atoms with Crippen LogP contribution >= 0.6 is 0 Å². The zero-order chi connectivity index (χ0) is 10.9. The number of hydrogen-bond donors (Lipinski definition) is 1. The summed E-state index contributed by atoms with van der Waals surface area (Å²) < 4.78 is 4.95. The molecule has 1 N–H and O–H groups in total. The maximum atomic E-state index is 11.9. The summed E-state index contributed by atoms with van der Waals surface area (Å²) in [5.74, 6) is 1.10. The Morgan fingerprint density at radius 2 is 2.47 bits per heavy atom. The van der Waals surface area contributed by atoms with Gasteiger partial charge in [-0.2, -0.15) is 0 Å². The maximum absolute atomic E-state index is 11.9. The number of hydrogen-bond acceptors (Lipinski definition) is 3. The van der Waals surface area contributed by atoms with Gasteiger partial charge in [0.25, 0.3) is 0 Å². The summed E-state index contributed by atoms with van der Waals surface area (Å²) in [6, 6.07) is 0. The number of rotatable bonds is 4. The molecule has 2 saturated carbocycles. The van der Waals surface area contributed by atoms with E-state index >= 15 is 0 Å².